The van der Waals surface area contributed by atoms with Crippen molar-refractivity contribution in [3.63, 3.8) is 0 Å². The van der Waals surface area contributed by atoms with Crippen LogP contribution in [0.15, 0.2) is 41.2 Å². The summed E-state index contributed by atoms with van der Waals surface area (Å²) in [6, 6.07) is 9.83. The Balaban J connectivity index is 2.24. The highest BCUT2D eigenvalue weighted by Gasteiger charge is 2.15. The van der Waals surface area contributed by atoms with Gasteiger partial charge in [-0.15, -0.1) is 0 Å². The Labute approximate surface area is 155 Å². The molecule has 3 aromatic rings. The molecule has 0 aliphatic heterocycles. The second-order valence-electron chi connectivity index (χ2n) is 6.07. The van der Waals surface area contributed by atoms with Gasteiger partial charge in [0.15, 0.2) is 0 Å². The van der Waals surface area contributed by atoms with Gasteiger partial charge in [-0.2, -0.15) is 0 Å². The van der Waals surface area contributed by atoms with E-state index in [2.05, 4.69) is 4.98 Å². The van der Waals surface area contributed by atoms with E-state index in [-0.39, 0.29) is 11.3 Å². The van der Waals surface area contributed by atoms with Gasteiger partial charge in [-0.1, -0.05) is 6.07 Å². The molecule has 2 aromatic carbocycles. The van der Waals surface area contributed by atoms with Crippen LogP contribution in [0.2, 0.25) is 0 Å². The number of carbonyl (C=O) groups excluding carboxylic acids is 2. The summed E-state index contributed by atoms with van der Waals surface area (Å²) in [6.07, 6.45) is 0. The number of esters is 2. The fourth-order valence-corrected chi connectivity index (χ4v) is 2.90. The highest BCUT2D eigenvalue weighted by atomic mass is 16.5. The van der Waals surface area contributed by atoms with Gasteiger partial charge in [0.05, 0.1) is 16.6 Å². The van der Waals surface area contributed by atoms with E-state index in [9.17, 15) is 14.4 Å². The molecule has 0 saturated heterocycles. The Morgan fingerprint density at radius 2 is 1.70 bits per heavy atom. The molecule has 0 atom stereocenters. The van der Waals surface area contributed by atoms with Crippen LogP contribution < -0.4 is 15.0 Å². The molecule has 7 heteroatoms. The molecule has 0 aliphatic rings. The number of ether oxygens (including phenoxy) is 2. The first-order valence-electron chi connectivity index (χ1n) is 8.28. The van der Waals surface area contributed by atoms with Crippen molar-refractivity contribution in [3.8, 4) is 17.2 Å². The minimum Gasteiger partial charge on any atom is -0.427 e. The molecule has 0 N–H and O–H groups in total. The number of benzene rings is 2. The number of aromatic nitrogens is 2. The van der Waals surface area contributed by atoms with E-state index in [1.54, 1.807) is 44.2 Å². The zero-order chi connectivity index (χ0) is 19.7. The van der Waals surface area contributed by atoms with Crippen LogP contribution in [-0.4, -0.2) is 21.5 Å². The maximum Gasteiger partial charge on any atom is 0.308 e. The van der Waals surface area contributed by atoms with Gasteiger partial charge in [-0.3, -0.25) is 19.0 Å². The second-order valence-corrected chi connectivity index (χ2v) is 6.07. The normalized spacial score (nSPS) is 10.7. The quantitative estimate of drug-likeness (QED) is 0.523. The molecule has 0 saturated carbocycles. The van der Waals surface area contributed by atoms with Crippen LogP contribution in [0.4, 0.5) is 0 Å². The summed E-state index contributed by atoms with van der Waals surface area (Å²) in [5, 5.41) is 0.316. The predicted molar refractivity (Wildman–Crippen MR) is 99.4 cm³/mol. The van der Waals surface area contributed by atoms with Gasteiger partial charge in [0.1, 0.15) is 17.3 Å². The lowest BCUT2D eigenvalue weighted by molar-refractivity contribution is -0.132. The van der Waals surface area contributed by atoms with E-state index in [0.29, 0.717) is 33.7 Å². The standard InChI is InChI=1S/C20H18N2O5/c1-11-18(6-5-7-19(11)27-14(4)24)22-12(2)21-17-9-8-15(26-13(3)23)10-16(17)20(22)25/h5-10H,1-4H3. The average Bonchev–Trinajstić information content (AvgIpc) is 2.58. The molecule has 138 valence electrons. The van der Waals surface area contributed by atoms with Crippen molar-refractivity contribution in [1.29, 1.82) is 0 Å². The van der Waals surface area contributed by atoms with E-state index < -0.39 is 11.9 Å². The second kappa shape index (κ2) is 7.03. The van der Waals surface area contributed by atoms with Crippen LogP contribution >= 0.6 is 0 Å². The number of hydrogen-bond acceptors (Lipinski definition) is 6. The van der Waals surface area contributed by atoms with Crippen molar-refractivity contribution in [3.05, 3.63) is 58.1 Å². The molecule has 1 heterocycles. The Morgan fingerprint density at radius 1 is 1.00 bits per heavy atom. The summed E-state index contributed by atoms with van der Waals surface area (Å²) < 4.78 is 11.7. The van der Waals surface area contributed by atoms with Crippen molar-refractivity contribution >= 4 is 22.8 Å². The van der Waals surface area contributed by atoms with Gasteiger partial charge >= 0.3 is 11.9 Å². The number of fused-ring (bicyclic) bond motifs is 1. The summed E-state index contributed by atoms with van der Waals surface area (Å²) in [7, 11) is 0. The lowest BCUT2D eigenvalue weighted by atomic mass is 10.1. The lowest BCUT2D eigenvalue weighted by Crippen LogP contribution is -2.23. The van der Waals surface area contributed by atoms with E-state index in [0.717, 1.165) is 0 Å². The van der Waals surface area contributed by atoms with E-state index in [1.807, 2.05) is 0 Å². The minimum atomic E-state index is -0.473. The third kappa shape index (κ3) is 3.57. The zero-order valence-corrected chi connectivity index (χ0v) is 15.4. The number of hydrogen-bond donors (Lipinski definition) is 0. The van der Waals surface area contributed by atoms with Gasteiger partial charge in [-0.05, 0) is 44.2 Å². The van der Waals surface area contributed by atoms with Gasteiger partial charge in [0.25, 0.3) is 5.56 Å². The average molecular weight is 366 g/mol. The summed E-state index contributed by atoms with van der Waals surface area (Å²) in [5.41, 5.74) is 1.38. The fourth-order valence-electron chi connectivity index (χ4n) is 2.90. The maximum absolute atomic E-state index is 13.1. The summed E-state index contributed by atoms with van der Waals surface area (Å²) in [5.74, 6) is 0.215. The third-order valence-corrected chi connectivity index (χ3v) is 4.02. The Hall–Kier alpha value is -3.48. The Kier molecular flexibility index (Phi) is 4.77. The first-order valence-corrected chi connectivity index (χ1v) is 8.28. The molecule has 27 heavy (non-hydrogen) atoms. The zero-order valence-electron chi connectivity index (χ0n) is 15.4. The molecule has 3 rings (SSSR count). The van der Waals surface area contributed by atoms with Gasteiger partial charge < -0.3 is 9.47 Å². The predicted octanol–water partition coefficient (Wildman–Crippen LogP) is 2.85. The van der Waals surface area contributed by atoms with E-state index in [1.165, 1.54) is 24.5 Å². The molecule has 0 aliphatic carbocycles. The van der Waals surface area contributed by atoms with Crippen molar-refractivity contribution in [2.45, 2.75) is 27.7 Å². The SMILES string of the molecule is CC(=O)Oc1ccc2nc(C)n(-c3cccc(OC(C)=O)c3C)c(=O)c2c1. The number of aryl methyl sites for hydroxylation is 1. The molecule has 0 spiro atoms. The Morgan fingerprint density at radius 3 is 2.37 bits per heavy atom. The van der Waals surface area contributed by atoms with Crippen molar-refractivity contribution in [2.24, 2.45) is 0 Å². The molecule has 7 nitrogen and oxygen atoms in total. The molecular formula is C20H18N2O5. The van der Waals surface area contributed by atoms with Gasteiger partial charge in [0.2, 0.25) is 0 Å². The van der Waals surface area contributed by atoms with Gasteiger partial charge in [-0.25, -0.2) is 4.98 Å². The lowest BCUT2D eigenvalue weighted by Gasteiger charge is -2.15. The molecule has 0 radical (unpaired) electrons. The molecular weight excluding hydrogens is 348 g/mol. The van der Waals surface area contributed by atoms with Crippen molar-refractivity contribution < 1.29 is 19.1 Å². The van der Waals surface area contributed by atoms with Crippen LogP contribution in [0.3, 0.4) is 0 Å². The van der Waals surface area contributed by atoms with Crippen LogP contribution in [0, 0.1) is 13.8 Å². The van der Waals surface area contributed by atoms with Crippen LogP contribution in [-0.2, 0) is 9.59 Å². The molecule has 0 fully saturated rings. The molecule has 1 aromatic heterocycles. The highest BCUT2D eigenvalue weighted by Crippen LogP contribution is 2.25. The smallest absolute Gasteiger partial charge is 0.308 e. The summed E-state index contributed by atoms with van der Waals surface area (Å²) in [4.78, 5) is 40.1. The first kappa shape index (κ1) is 18.3. The largest absolute Gasteiger partial charge is 0.427 e. The fraction of sp³-hybridized carbons (Fsp3) is 0.200. The van der Waals surface area contributed by atoms with E-state index >= 15 is 0 Å². The molecule has 0 bridgehead atoms. The van der Waals surface area contributed by atoms with Crippen LogP contribution in [0.1, 0.15) is 25.2 Å². The molecule has 0 amide bonds. The van der Waals surface area contributed by atoms with E-state index in [4.69, 9.17) is 9.47 Å². The first-order chi connectivity index (χ1) is 12.8. The topological polar surface area (TPSA) is 87.5 Å². The number of rotatable bonds is 3. The van der Waals surface area contributed by atoms with Gasteiger partial charge in [0, 0.05) is 19.4 Å². The van der Waals surface area contributed by atoms with Crippen LogP contribution in [0.5, 0.6) is 11.5 Å². The van der Waals surface area contributed by atoms with Crippen molar-refractivity contribution in [1.82, 2.24) is 9.55 Å². The highest BCUT2D eigenvalue weighted by molar-refractivity contribution is 5.81. The third-order valence-electron chi connectivity index (χ3n) is 4.02. The minimum absolute atomic E-state index is 0.273. The Bertz CT molecular complexity index is 1130. The number of carbonyl (C=O) groups is 2. The summed E-state index contributed by atoms with van der Waals surface area (Å²) in [6.45, 7) is 6.09. The van der Waals surface area contributed by atoms with Crippen LogP contribution in [0.25, 0.3) is 16.6 Å². The monoisotopic (exact) mass is 366 g/mol. The maximum atomic E-state index is 13.1. The summed E-state index contributed by atoms with van der Waals surface area (Å²) >= 11 is 0. The van der Waals surface area contributed by atoms with Crippen molar-refractivity contribution in [2.75, 3.05) is 0 Å². The number of nitrogens with zero attached hydrogens (tertiary/aromatic N) is 2. The molecule has 0 unspecified atom stereocenters.